The van der Waals surface area contributed by atoms with Gasteiger partial charge in [-0.15, -0.1) is 0 Å². The van der Waals surface area contributed by atoms with Crippen molar-refractivity contribution < 1.29 is 23.0 Å². The van der Waals surface area contributed by atoms with Crippen LogP contribution in [-0.4, -0.2) is 30.4 Å². The molecule has 1 amide bonds. The predicted molar refractivity (Wildman–Crippen MR) is 86.1 cm³/mol. The summed E-state index contributed by atoms with van der Waals surface area (Å²) >= 11 is 0. The highest BCUT2D eigenvalue weighted by Crippen LogP contribution is 2.21. The van der Waals surface area contributed by atoms with E-state index in [-0.39, 0.29) is 17.9 Å². The van der Waals surface area contributed by atoms with Gasteiger partial charge < -0.3 is 20.1 Å². The smallest absolute Gasteiger partial charge is 0.407 e. The van der Waals surface area contributed by atoms with Crippen molar-refractivity contribution in [1.82, 2.24) is 10.6 Å². The Bertz CT molecular complexity index is 538. The molecule has 0 heterocycles. The summed E-state index contributed by atoms with van der Waals surface area (Å²) in [6.07, 6.45) is 1.29. The van der Waals surface area contributed by atoms with E-state index in [9.17, 15) is 13.6 Å². The molecule has 1 fully saturated rings. The molecule has 1 saturated carbocycles. The summed E-state index contributed by atoms with van der Waals surface area (Å²) in [5.41, 5.74) is 0.492. The largest absolute Gasteiger partial charge is 0.444 e. The van der Waals surface area contributed by atoms with Crippen molar-refractivity contribution in [2.45, 2.75) is 64.5 Å². The Morgan fingerprint density at radius 1 is 1.21 bits per heavy atom. The molecule has 1 aromatic rings. The Labute approximate surface area is 140 Å². The first-order valence-corrected chi connectivity index (χ1v) is 7.98. The summed E-state index contributed by atoms with van der Waals surface area (Å²) in [5, 5.41) is 6.20. The average Bonchev–Trinajstić information content (AvgIpc) is 2.40. The quantitative estimate of drug-likeness (QED) is 0.831. The van der Waals surface area contributed by atoms with E-state index in [0.29, 0.717) is 12.6 Å². The lowest BCUT2D eigenvalue weighted by atomic mass is 9.87. The third kappa shape index (κ3) is 6.31. The van der Waals surface area contributed by atoms with Gasteiger partial charge in [0, 0.05) is 18.6 Å². The maximum Gasteiger partial charge on any atom is 0.407 e. The number of ether oxygens (including phenoxy) is 2. The molecule has 0 aromatic heterocycles. The van der Waals surface area contributed by atoms with Crippen LogP contribution in [0, 0.1) is 0 Å². The van der Waals surface area contributed by atoms with Gasteiger partial charge in [-0.05, 0) is 51.3 Å². The van der Waals surface area contributed by atoms with Gasteiger partial charge in [0.1, 0.15) is 11.4 Å². The van der Waals surface area contributed by atoms with E-state index in [1.165, 1.54) is 12.1 Å². The summed E-state index contributed by atoms with van der Waals surface area (Å²) in [6, 6.07) is 6.99. The van der Waals surface area contributed by atoms with Crippen LogP contribution in [-0.2, 0) is 11.3 Å². The molecule has 7 heteroatoms. The van der Waals surface area contributed by atoms with Crippen LogP contribution in [0.2, 0.25) is 0 Å². The molecule has 0 bridgehead atoms. The Hall–Kier alpha value is -1.89. The molecule has 0 spiro atoms. The summed E-state index contributed by atoms with van der Waals surface area (Å²) in [7, 11) is 0. The Kier molecular flexibility index (Phi) is 5.99. The Morgan fingerprint density at radius 3 is 2.38 bits per heavy atom. The molecule has 0 radical (unpaired) electrons. The third-order valence-electron chi connectivity index (χ3n) is 3.60. The zero-order valence-corrected chi connectivity index (χ0v) is 14.1. The first-order valence-electron chi connectivity index (χ1n) is 7.98. The van der Waals surface area contributed by atoms with Gasteiger partial charge in [-0.3, -0.25) is 0 Å². The van der Waals surface area contributed by atoms with E-state index in [4.69, 9.17) is 4.74 Å². The zero-order chi connectivity index (χ0) is 17.7. The number of hydrogen-bond donors (Lipinski definition) is 2. The number of carbonyl (C=O) groups excluding carboxylic acids is 1. The third-order valence-corrected chi connectivity index (χ3v) is 3.60. The van der Waals surface area contributed by atoms with Gasteiger partial charge in [0.25, 0.3) is 0 Å². The highest BCUT2D eigenvalue weighted by molar-refractivity contribution is 5.68. The van der Waals surface area contributed by atoms with Gasteiger partial charge in [-0.2, -0.15) is 8.78 Å². The van der Waals surface area contributed by atoms with Crippen LogP contribution >= 0.6 is 0 Å². The van der Waals surface area contributed by atoms with Crippen LogP contribution in [0.3, 0.4) is 0 Å². The van der Waals surface area contributed by atoms with Crippen LogP contribution in [0.1, 0.15) is 39.2 Å². The van der Waals surface area contributed by atoms with Crippen molar-refractivity contribution in [1.29, 1.82) is 0 Å². The molecule has 2 N–H and O–H groups in total. The van der Waals surface area contributed by atoms with Crippen LogP contribution in [0.15, 0.2) is 24.3 Å². The van der Waals surface area contributed by atoms with Gasteiger partial charge in [0.15, 0.2) is 0 Å². The lowest BCUT2D eigenvalue weighted by Gasteiger charge is -2.36. The lowest BCUT2D eigenvalue weighted by Crippen LogP contribution is -2.52. The van der Waals surface area contributed by atoms with Crippen LogP contribution in [0.5, 0.6) is 5.75 Å². The fraction of sp³-hybridized carbons (Fsp3) is 0.588. The van der Waals surface area contributed by atoms with Crippen LogP contribution in [0.4, 0.5) is 13.6 Å². The van der Waals surface area contributed by atoms with Crippen molar-refractivity contribution in [2.75, 3.05) is 0 Å². The molecule has 1 aliphatic carbocycles. The molecule has 0 aliphatic heterocycles. The molecule has 1 aromatic carbocycles. The van der Waals surface area contributed by atoms with Gasteiger partial charge in [-0.25, -0.2) is 4.79 Å². The Morgan fingerprint density at radius 2 is 1.83 bits per heavy atom. The molecule has 1 aliphatic rings. The molecule has 134 valence electrons. The van der Waals surface area contributed by atoms with Gasteiger partial charge in [-0.1, -0.05) is 12.1 Å². The minimum atomic E-state index is -2.81. The fourth-order valence-corrected chi connectivity index (χ4v) is 2.43. The van der Waals surface area contributed by atoms with Crippen molar-refractivity contribution in [3.05, 3.63) is 29.8 Å². The van der Waals surface area contributed by atoms with E-state index in [0.717, 1.165) is 18.4 Å². The molecule has 0 unspecified atom stereocenters. The standard InChI is InChI=1S/C17H24F2N2O3/c1-17(2,3)24-16(22)21-13-8-12(9-13)20-10-11-4-6-14(7-5-11)23-15(18)19/h4-7,12-13,15,20H,8-10H2,1-3H3,(H,21,22). The highest BCUT2D eigenvalue weighted by Gasteiger charge is 2.31. The number of alkyl halides is 2. The SMILES string of the molecule is CC(C)(C)OC(=O)NC1CC(NCc2ccc(OC(F)F)cc2)C1. The molecule has 0 atom stereocenters. The van der Waals surface area contributed by atoms with E-state index in [1.54, 1.807) is 12.1 Å². The summed E-state index contributed by atoms with van der Waals surface area (Å²) in [4.78, 5) is 11.6. The second-order valence-corrected chi connectivity index (χ2v) is 6.91. The topological polar surface area (TPSA) is 59.6 Å². The molecule has 2 rings (SSSR count). The molecule has 5 nitrogen and oxygen atoms in total. The van der Waals surface area contributed by atoms with Gasteiger partial charge >= 0.3 is 12.7 Å². The second kappa shape index (κ2) is 7.79. The minimum Gasteiger partial charge on any atom is -0.444 e. The number of amides is 1. The van der Waals surface area contributed by atoms with E-state index in [1.807, 2.05) is 20.8 Å². The normalized spacial score (nSPS) is 20.4. The van der Waals surface area contributed by atoms with Crippen molar-refractivity contribution in [2.24, 2.45) is 0 Å². The molecular formula is C17H24F2N2O3. The van der Waals surface area contributed by atoms with Crippen molar-refractivity contribution in [3.8, 4) is 5.75 Å². The summed E-state index contributed by atoms with van der Waals surface area (Å²) in [6.45, 7) is 3.32. The predicted octanol–water partition coefficient (Wildman–Crippen LogP) is 3.43. The van der Waals surface area contributed by atoms with E-state index >= 15 is 0 Å². The second-order valence-electron chi connectivity index (χ2n) is 6.91. The molecule has 24 heavy (non-hydrogen) atoms. The number of halogens is 2. The Balaban J connectivity index is 1.64. The molecule has 0 saturated heterocycles. The summed E-state index contributed by atoms with van der Waals surface area (Å²) in [5.74, 6) is 0.152. The number of alkyl carbamates (subject to hydrolysis) is 1. The average molecular weight is 342 g/mol. The lowest BCUT2D eigenvalue weighted by molar-refractivity contribution is -0.0498. The molecular weight excluding hydrogens is 318 g/mol. The van der Waals surface area contributed by atoms with Gasteiger partial charge in [0.2, 0.25) is 0 Å². The van der Waals surface area contributed by atoms with Crippen molar-refractivity contribution in [3.63, 3.8) is 0 Å². The first-order chi connectivity index (χ1) is 11.2. The van der Waals surface area contributed by atoms with E-state index < -0.39 is 12.2 Å². The maximum absolute atomic E-state index is 12.1. The monoisotopic (exact) mass is 342 g/mol. The van der Waals surface area contributed by atoms with Crippen LogP contribution < -0.4 is 15.4 Å². The van der Waals surface area contributed by atoms with E-state index in [2.05, 4.69) is 15.4 Å². The number of rotatable bonds is 6. The zero-order valence-electron chi connectivity index (χ0n) is 14.1. The fourth-order valence-electron chi connectivity index (χ4n) is 2.43. The number of benzene rings is 1. The maximum atomic E-state index is 12.1. The minimum absolute atomic E-state index is 0.124. The summed E-state index contributed by atoms with van der Waals surface area (Å²) < 4.78 is 33.7. The first kappa shape index (κ1) is 18.4. The number of hydrogen-bond acceptors (Lipinski definition) is 4. The highest BCUT2D eigenvalue weighted by atomic mass is 19.3. The number of carbonyl (C=O) groups is 1. The number of nitrogens with one attached hydrogen (secondary N) is 2. The van der Waals surface area contributed by atoms with Crippen molar-refractivity contribution >= 4 is 6.09 Å². The van der Waals surface area contributed by atoms with Gasteiger partial charge in [0.05, 0.1) is 0 Å². The van der Waals surface area contributed by atoms with Crippen LogP contribution in [0.25, 0.3) is 0 Å².